The van der Waals surface area contributed by atoms with Crippen molar-refractivity contribution in [2.24, 2.45) is 4.99 Å². The first kappa shape index (κ1) is 10.6. The quantitative estimate of drug-likeness (QED) is 0.782. The van der Waals surface area contributed by atoms with Gasteiger partial charge in [-0.3, -0.25) is 4.99 Å². The van der Waals surface area contributed by atoms with E-state index in [0.29, 0.717) is 0 Å². The molecule has 0 amide bonds. The van der Waals surface area contributed by atoms with Crippen molar-refractivity contribution in [3.8, 4) is 0 Å². The number of benzene rings is 1. The van der Waals surface area contributed by atoms with Crippen LogP contribution in [-0.4, -0.2) is 16.2 Å². The number of aliphatic imine (C=N–C) groups is 1. The molecule has 0 bridgehead atoms. The van der Waals surface area contributed by atoms with Gasteiger partial charge in [0.15, 0.2) is 0 Å². The smallest absolute Gasteiger partial charge is 0.106 e. The van der Waals surface area contributed by atoms with Gasteiger partial charge in [-0.15, -0.1) is 0 Å². The number of rotatable bonds is 3. The van der Waals surface area contributed by atoms with Gasteiger partial charge in [0.05, 0.1) is 11.9 Å². The molecular formula is C13H15N3. The van der Waals surface area contributed by atoms with Crippen molar-refractivity contribution >= 4 is 11.9 Å². The van der Waals surface area contributed by atoms with Gasteiger partial charge in [0.1, 0.15) is 11.5 Å². The molecule has 0 saturated carbocycles. The SMILES string of the molecule is CCc1nc(C=Nc2ccccc2)c(C)[nH]1. The molecule has 3 heteroatoms. The molecule has 0 aliphatic heterocycles. The average molecular weight is 213 g/mol. The molecule has 0 atom stereocenters. The van der Waals surface area contributed by atoms with Crippen molar-refractivity contribution in [2.45, 2.75) is 20.3 Å². The molecule has 2 aromatic rings. The molecule has 1 aromatic carbocycles. The normalized spacial score (nSPS) is 11.1. The van der Waals surface area contributed by atoms with Crippen molar-refractivity contribution in [1.29, 1.82) is 0 Å². The van der Waals surface area contributed by atoms with Gasteiger partial charge < -0.3 is 4.98 Å². The molecule has 2 rings (SSSR count). The fraction of sp³-hybridized carbons (Fsp3) is 0.231. The number of hydrogen-bond donors (Lipinski definition) is 1. The van der Waals surface area contributed by atoms with Crippen LogP contribution in [-0.2, 0) is 6.42 Å². The highest BCUT2D eigenvalue weighted by molar-refractivity contribution is 5.80. The topological polar surface area (TPSA) is 41.0 Å². The molecule has 0 fully saturated rings. The summed E-state index contributed by atoms with van der Waals surface area (Å²) in [4.78, 5) is 12.0. The number of para-hydroxylation sites is 1. The van der Waals surface area contributed by atoms with Gasteiger partial charge in [-0.2, -0.15) is 0 Å². The Balaban J connectivity index is 2.20. The van der Waals surface area contributed by atoms with E-state index in [-0.39, 0.29) is 0 Å². The Morgan fingerprint density at radius 1 is 1.31 bits per heavy atom. The number of H-pyrrole nitrogens is 1. The first-order valence-corrected chi connectivity index (χ1v) is 5.44. The maximum Gasteiger partial charge on any atom is 0.106 e. The Kier molecular flexibility index (Phi) is 3.15. The van der Waals surface area contributed by atoms with Crippen LogP contribution in [0.4, 0.5) is 5.69 Å². The molecule has 0 aliphatic rings. The van der Waals surface area contributed by atoms with E-state index in [9.17, 15) is 0 Å². The minimum Gasteiger partial charge on any atom is -0.346 e. The third-order valence-electron chi connectivity index (χ3n) is 2.40. The number of aromatic amines is 1. The lowest BCUT2D eigenvalue weighted by Crippen LogP contribution is -1.85. The number of nitrogens with zero attached hydrogens (tertiary/aromatic N) is 2. The summed E-state index contributed by atoms with van der Waals surface area (Å²) in [6, 6.07) is 9.87. The molecule has 0 unspecified atom stereocenters. The minimum absolute atomic E-state index is 0.917. The summed E-state index contributed by atoms with van der Waals surface area (Å²) in [5, 5.41) is 0. The summed E-state index contributed by atoms with van der Waals surface area (Å²) in [7, 11) is 0. The molecule has 1 heterocycles. The second-order valence-corrected chi connectivity index (χ2v) is 3.64. The van der Waals surface area contributed by atoms with E-state index in [1.807, 2.05) is 37.3 Å². The third-order valence-corrected chi connectivity index (χ3v) is 2.40. The Morgan fingerprint density at radius 2 is 2.06 bits per heavy atom. The van der Waals surface area contributed by atoms with E-state index in [1.165, 1.54) is 0 Å². The molecule has 0 aliphatic carbocycles. The zero-order chi connectivity index (χ0) is 11.4. The summed E-state index contributed by atoms with van der Waals surface area (Å²) in [5.41, 5.74) is 2.93. The summed E-state index contributed by atoms with van der Waals surface area (Å²) in [6.07, 6.45) is 2.72. The number of aryl methyl sites for hydroxylation is 2. The van der Waals surface area contributed by atoms with Crippen molar-refractivity contribution in [2.75, 3.05) is 0 Å². The zero-order valence-electron chi connectivity index (χ0n) is 9.57. The molecule has 1 aromatic heterocycles. The molecule has 0 spiro atoms. The van der Waals surface area contributed by atoms with Crippen LogP contribution >= 0.6 is 0 Å². The average Bonchev–Trinajstić information content (AvgIpc) is 2.69. The number of hydrogen-bond acceptors (Lipinski definition) is 2. The first-order chi connectivity index (χ1) is 7.79. The van der Waals surface area contributed by atoms with Crippen LogP contribution in [0.25, 0.3) is 0 Å². The van der Waals surface area contributed by atoms with Crippen LogP contribution in [0.3, 0.4) is 0 Å². The maximum atomic E-state index is 4.44. The van der Waals surface area contributed by atoms with Crippen LogP contribution in [0.2, 0.25) is 0 Å². The van der Waals surface area contributed by atoms with Gasteiger partial charge in [0.2, 0.25) is 0 Å². The number of imidazole rings is 1. The molecule has 3 nitrogen and oxygen atoms in total. The van der Waals surface area contributed by atoms with E-state index in [1.54, 1.807) is 6.21 Å². The van der Waals surface area contributed by atoms with E-state index in [4.69, 9.17) is 0 Å². The summed E-state index contributed by atoms with van der Waals surface area (Å²) < 4.78 is 0. The summed E-state index contributed by atoms with van der Waals surface area (Å²) in [6.45, 7) is 4.09. The van der Waals surface area contributed by atoms with Crippen molar-refractivity contribution in [3.63, 3.8) is 0 Å². The second kappa shape index (κ2) is 4.75. The predicted molar refractivity (Wildman–Crippen MR) is 66.4 cm³/mol. The summed E-state index contributed by atoms with van der Waals surface area (Å²) in [5.74, 6) is 1.01. The predicted octanol–water partition coefficient (Wildman–Crippen LogP) is 3.03. The van der Waals surface area contributed by atoms with Crippen molar-refractivity contribution in [3.05, 3.63) is 47.5 Å². The highest BCUT2D eigenvalue weighted by Gasteiger charge is 2.01. The van der Waals surface area contributed by atoms with E-state index in [2.05, 4.69) is 21.9 Å². The highest BCUT2D eigenvalue weighted by atomic mass is 14.9. The van der Waals surface area contributed by atoms with Crippen molar-refractivity contribution in [1.82, 2.24) is 9.97 Å². The van der Waals surface area contributed by atoms with E-state index in [0.717, 1.165) is 29.3 Å². The van der Waals surface area contributed by atoms with Crippen molar-refractivity contribution < 1.29 is 0 Å². The molecule has 0 saturated heterocycles. The largest absolute Gasteiger partial charge is 0.346 e. The van der Waals surface area contributed by atoms with E-state index >= 15 is 0 Å². The van der Waals surface area contributed by atoms with Gasteiger partial charge in [-0.05, 0) is 19.1 Å². The molecule has 82 valence electrons. The van der Waals surface area contributed by atoms with Crippen LogP contribution < -0.4 is 0 Å². The van der Waals surface area contributed by atoms with Gasteiger partial charge in [0.25, 0.3) is 0 Å². The zero-order valence-corrected chi connectivity index (χ0v) is 9.57. The monoisotopic (exact) mass is 213 g/mol. The number of aromatic nitrogens is 2. The van der Waals surface area contributed by atoms with E-state index < -0.39 is 0 Å². The van der Waals surface area contributed by atoms with Crippen LogP contribution in [0, 0.1) is 6.92 Å². The highest BCUT2D eigenvalue weighted by Crippen LogP contribution is 2.10. The molecule has 16 heavy (non-hydrogen) atoms. The lowest BCUT2D eigenvalue weighted by atomic mass is 10.3. The Bertz CT molecular complexity index is 483. The Morgan fingerprint density at radius 3 is 2.69 bits per heavy atom. The Labute approximate surface area is 95.3 Å². The minimum atomic E-state index is 0.917. The summed E-state index contributed by atoms with van der Waals surface area (Å²) >= 11 is 0. The maximum absolute atomic E-state index is 4.44. The van der Waals surface area contributed by atoms with Gasteiger partial charge in [-0.1, -0.05) is 25.1 Å². The fourth-order valence-corrected chi connectivity index (χ4v) is 1.48. The molecular weight excluding hydrogens is 198 g/mol. The van der Waals surface area contributed by atoms with Crippen LogP contribution in [0.5, 0.6) is 0 Å². The standard InChI is InChI=1S/C13H15N3/c1-3-13-15-10(2)12(16-13)9-14-11-7-5-4-6-8-11/h4-9H,3H2,1-2H3,(H,15,16). The van der Waals surface area contributed by atoms with Gasteiger partial charge in [0, 0.05) is 12.1 Å². The van der Waals surface area contributed by atoms with Gasteiger partial charge >= 0.3 is 0 Å². The van der Waals surface area contributed by atoms with Gasteiger partial charge in [-0.25, -0.2) is 4.98 Å². The second-order valence-electron chi connectivity index (χ2n) is 3.64. The fourth-order valence-electron chi connectivity index (χ4n) is 1.48. The Hall–Kier alpha value is -1.90. The lowest BCUT2D eigenvalue weighted by Gasteiger charge is -1.90. The lowest BCUT2D eigenvalue weighted by molar-refractivity contribution is 0.981. The number of nitrogens with one attached hydrogen (secondary N) is 1. The molecule has 0 radical (unpaired) electrons. The first-order valence-electron chi connectivity index (χ1n) is 5.44. The molecule has 1 N–H and O–H groups in total. The van der Waals surface area contributed by atoms with Crippen LogP contribution in [0.1, 0.15) is 24.1 Å². The van der Waals surface area contributed by atoms with Crippen LogP contribution in [0.15, 0.2) is 35.3 Å². The third kappa shape index (κ3) is 2.37.